The van der Waals surface area contributed by atoms with Gasteiger partial charge in [-0.3, -0.25) is 0 Å². The van der Waals surface area contributed by atoms with Crippen molar-refractivity contribution in [2.75, 3.05) is 0 Å². The van der Waals surface area contributed by atoms with E-state index in [4.69, 9.17) is 0 Å². The summed E-state index contributed by atoms with van der Waals surface area (Å²) in [7, 11) is -4.71. The number of rotatable bonds is 6. The van der Waals surface area contributed by atoms with Crippen LogP contribution in [0.1, 0.15) is 39.0 Å². The van der Waals surface area contributed by atoms with Gasteiger partial charge in [0.1, 0.15) is 10.1 Å². The van der Waals surface area contributed by atoms with Crippen molar-refractivity contribution in [2.45, 2.75) is 44.5 Å². The molecule has 74 valence electrons. The van der Waals surface area contributed by atoms with Gasteiger partial charge in [-0.25, -0.2) is 12.8 Å². The Morgan fingerprint density at radius 2 is 1.85 bits per heavy atom. The van der Waals surface area contributed by atoms with E-state index < -0.39 is 15.6 Å². The molecule has 0 aromatic rings. The van der Waals surface area contributed by atoms with Crippen LogP contribution in [0.5, 0.6) is 0 Å². The molecule has 3 nitrogen and oxygen atoms in total. The molecule has 0 saturated carbocycles. The molecule has 0 heterocycles. The molecule has 0 aliphatic carbocycles. The fourth-order valence-corrected chi connectivity index (χ4v) is 1.33. The Balaban J connectivity index is 0. The van der Waals surface area contributed by atoms with Crippen LogP contribution in [-0.4, -0.2) is 18.5 Å². The van der Waals surface area contributed by atoms with Crippen molar-refractivity contribution in [1.82, 2.24) is 0 Å². The third-order valence-corrected chi connectivity index (χ3v) is 2.46. The Labute approximate surface area is 91.0 Å². The molecular formula is C7H14FLiO3S. The smallest absolute Gasteiger partial charge is 0.746 e. The molecule has 0 aliphatic heterocycles. The molecule has 1 atom stereocenters. The zero-order chi connectivity index (χ0) is 9.61. The van der Waals surface area contributed by atoms with Crippen molar-refractivity contribution in [3.63, 3.8) is 0 Å². The van der Waals surface area contributed by atoms with Crippen LogP contribution in [0.25, 0.3) is 0 Å². The van der Waals surface area contributed by atoms with E-state index in [0.717, 1.165) is 19.3 Å². The van der Waals surface area contributed by atoms with E-state index >= 15 is 0 Å². The fourth-order valence-electron chi connectivity index (χ4n) is 0.876. The van der Waals surface area contributed by atoms with Gasteiger partial charge in [-0.15, -0.1) is 0 Å². The van der Waals surface area contributed by atoms with E-state index in [0.29, 0.717) is 6.42 Å². The van der Waals surface area contributed by atoms with Gasteiger partial charge in [-0.2, -0.15) is 0 Å². The normalized spacial score (nSPS) is 13.5. The predicted molar refractivity (Wildman–Crippen MR) is 43.4 cm³/mol. The first-order valence-electron chi connectivity index (χ1n) is 4.07. The van der Waals surface area contributed by atoms with Gasteiger partial charge in [-0.1, -0.05) is 26.2 Å². The number of hydrogen-bond donors (Lipinski definition) is 0. The van der Waals surface area contributed by atoms with E-state index in [9.17, 15) is 17.4 Å². The number of hydrogen-bond acceptors (Lipinski definition) is 3. The summed E-state index contributed by atoms with van der Waals surface area (Å²) in [6, 6.07) is 0. The summed E-state index contributed by atoms with van der Waals surface area (Å²) in [5.41, 5.74) is -2.21. The topological polar surface area (TPSA) is 57.2 Å². The van der Waals surface area contributed by atoms with Gasteiger partial charge in [0.15, 0.2) is 5.50 Å². The van der Waals surface area contributed by atoms with Gasteiger partial charge in [-0.05, 0) is 12.8 Å². The number of unbranched alkanes of at least 4 members (excludes halogenated alkanes) is 3. The first-order chi connectivity index (χ1) is 5.48. The van der Waals surface area contributed by atoms with Gasteiger partial charge in [0.25, 0.3) is 0 Å². The van der Waals surface area contributed by atoms with Crippen LogP contribution in [-0.2, 0) is 10.1 Å². The molecule has 0 aromatic heterocycles. The molecule has 0 N–H and O–H groups in total. The molecule has 0 aromatic carbocycles. The standard InChI is InChI=1S/C7H15FO3S.Li/c1-2-3-4-5-6-7(8)12(9,10)11;/h7H,2-6H2,1H3,(H,9,10,11);/q;+1/p-1. The van der Waals surface area contributed by atoms with Crippen molar-refractivity contribution >= 4 is 10.1 Å². The first kappa shape index (κ1) is 15.9. The van der Waals surface area contributed by atoms with Gasteiger partial charge in [0.05, 0.1) is 0 Å². The molecule has 0 radical (unpaired) electrons. The molecular weight excluding hydrogens is 190 g/mol. The Morgan fingerprint density at radius 3 is 2.23 bits per heavy atom. The van der Waals surface area contributed by atoms with Crippen LogP contribution in [0, 0.1) is 0 Å². The van der Waals surface area contributed by atoms with E-state index in [1.54, 1.807) is 0 Å². The SMILES string of the molecule is CCCCCCC(F)S(=O)(=O)[O-].[Li+]. The second kappa shape index (κ2) is 7.81. The Hall–Kier alpha value is 0.437. The molecule has 1 unspecified atom stereocenters. The van der Waals surface area contributed by atoms with E-state index in [1.165, 1.54) is 0 Å². The summed E-state index contributed by atoms with van der Waals surface area (Å²) in [5.74, 6) is 0. The molecule has 0 amide bonds. The maximum Gasteiger partial charge on any atom is 1.00 e. The molecule has 0 saturated heterocycles. The summed E-state index contributed by atoms with van der Waals surface area (Å²) >= 11 is 0. The Bertz CT molecular complexity index is 206. The second-order valence-corrected chi connectivity index (χ2v) is 4.25. The van der Waals surface area contributed by atoms with Crippen LogP contribution in [0.15, 0.2) is 0 Å². The summed E-state index contributed by atoms with van der Waals surface area (Å²) in [6.07, 6.45) is 3.04. The quantitative estimate of drug-likeness (QED) is 0.310. The van der Waals surface area contributed by atoms with Crippen molar-refractivity contribution in [3.05, 3.63) is 0 Å². The third-order valence-electron chi connectivity index (χ3n) is 1.60. The summed E-state index contributed by atoms with van der Waals surface area (Å²) in [6.45, 7) is 2.00. The molecule has 0 spiro atoms. The number of halogens is 1. The molecule has 13 heavy (non-hydrogen) atoms. The minimum Gasteiger partial charge on any atom is -0.746 e. The van der Waals surface area contributed by atoms with Crippen LogP contribution in [0.2, 0.25) is 0 Å². The maximum absolute atomic E-state index is 12.4. The van der Waals surface area contributed by atoms with E-state index in [2.05, 4.69) is 0 Å². The number of alkyl halides is 1. The van der Waals surface area contributed by atoms with Crippen molar-refractivity contribution in [1.29, 1.82) is 0 Å². The molecule has 0 aliphatic rings. The summed E-state index contributed by atoms with van der Waals surface area (Å²) < 4.78 is 42.6. The maximum atomic E-state index is 12.4. The average Bonchev–Trinajstić information content (AvgIpc) is 1.96. The van der Waals surface area contributed by atoms with Crippen LogP contribution < -0.4 is 18.9 Å². The molecule has 0 fully saturated rings. The van der Waals surface area contributed by atoms with Crippen molar-refractivity contribution < 1.29 is 36.2 Å². The zero-order valence-corrected chi connectivity index (χ0v) is 8.94. The summed E-state index contributed by atoms with van der Waals surface area (Å²) in [4.78, 5) is 0. The monoisotopic (exact) mass is 204 g/mol. The predicted octanol–water partition coefficient (Wildman–Crippen LogP) is -1.20. The van der Waals surface area contributed by atoms with Gasteiger partial charge in [0, 0.05) is 0 Å². The summed E-state index contributed by atoms with van der Waals surface area (Å²) in [5, 5.41) is 0. The van der Waals surface area contributed by atoms with Crippen LogP contribution in [0.4, 0.5) is 4.39 Å². The van der Waals surface area contributed by atoms with Crippen molar-refractivity contribution in [2.24, 2.45) is 0 Å². The van der Waals surface area contributed by atoms with Crippen molar-refractivity contribution in [3.8, 4) is 0 Å². The molecule has 0 rings (SSSR count). The van der Waals surface area contributed by atoms with Crippen LogP contribution in [0.3, 0.4) is 0 Å². The van der Waals surface area contributed by atoms with Gasteiger partial charge >= 0.3 is 18.9 Å². The molecule has 0 bridgehead atoms. The van der Waals surface area contributed by atoms with Crippen LogP contribution >= 0.6 is 0 Å². The first-order valence-corrected chi connectivity index (χ1v) is 5.54. The minimum atomic E-state index is -4.71. The van der Waals surface area contributed by atoms with Gasteiger partial charge < -0.3 is 4.55 Å². The Kier molecular flexibility index (Phi) is 9.54. The minimum absolute atomic E-state index is 0. The Morgan fingerprint density at radius 1 is 1.31 bits per heavy atom. The average molecular weight is 204 g/mol. The second-order valence-electron chi connectivity index (χ2n) is 2.75. The fraction of sp³-hybridized carbons (Fsp3) is 1.00. The van der Waals surface area contributed by atoms with E-state index in [1.807, 2.05) is 6.92 Å². The zero-order valence-electron chi connectivity index (χ0n) is 8.12. The van der Waals surface area contributed by atoms with E-state index in [-0.39, 0.29) is 25.3 Å². The molecule has 6 heteroatoms. The largest absolute Gasteiger partial charge is 1.00 e. The third kappa shape index (κ3) is 8.76. The van der Waals surface area contributed by atoms with Gasteiger partial charge in [0.2, 0.25) is 0 Å².